The van der Waals surface area contributed by atoms with Gasteiger partial charge in [0.1, 0.15) is 5.75 Å². The molecule has 0 bridgehead atoms. The number of rotatable bonds is 5. The molecule has 108 valence electrons. The van der Waals surface area contributed by atoms with Gasteiger partial charge in [0.2, 0.25) is 0 Å². The fourth-order valence-electron chi connectivity index (χ4n) is 2.23. The number of anilines is 1. The van der Waals surface area contributed by atoms with Gasteiger partial charge >= 0.3 is 0 Å². The van der Waals surface area contributed by atoms with E-state index in [1.165, 1.54) is 5.56 Å². The number of oxazole rings is 1. The second-order valence-electron chi connectivity index (χ2n) is 4.96. The van der Waals surface area contributed by atoms with Crippen molar-refractivity contribution in [2.45, 2.75) is 13.3 Å². The van der Waals surface area contributed by atoms with E-state index in [-0.39, 0.29) is 0 Å². The highest BCUT2D eigenvalue weighted by molar-refractivity contribution is 5.79. The fourth-order valence-corrected chi connectivity index (χ4v) is 2.23. The molecular formula is C17H18N2O2. The highest BCUT2D eigenvalue weighted by atomic mass is 16.5. The molecular weight excluding hydrogens is 264 g/mol. The number of fused-ring (bicyclic) bond motifs is 1. The largest absolute Gasteiger partial charge is 0.494 e. The molecule has 0 aliphatic carbocycles. The predicted molar refractivity (Wildman–Crippen MR) is 83.9 cm³/mol. The molecule has 0 radical (unpaired) electrons. The summed E-state index contributed by atoms with van der Waals surface area (Å²) in [6, 6.07) is 14.0. The topological polar surface area (TPSA) is 47.3 Å². The zero-order valence-electron chi connectivity index (χ0n) is 12.2. The minimum atomic E-state index is 0.717. The molecule has 4 heteroatoms. The maximum absolute atomic E-state index is 5.74. The minimum absolute atomic E-state index is 0.717. The molecule has 0 atom stereocenters. The summed E-state index contributed by atoms with van der Waals surface area (Å²) in [7, 11) is 1.64. The number of aryl methyl sites for hydroxylation is 1. The number of methoxy groups -OCH3 is 1. The van der Waals surface area contributed by atoms with Gasteiger partial charge in [-0.1, -0.05) is 23.8 Å². The Morgan fingerprint density at radius 3 is 2.71 bits per heavy atom. The summed E-state index contributed by atoms with van der Waals surface area (Å²) >= 11 is 0. The van der Waals surface area contributed by atoms with Gasteiger partial charge in [0, 0.05) is 18.7 Å². The van der Waals surface area contributed by atoms with Gasteiger partial charge in [0.25, 0.3) is 0 Å². The standard InChI is InChI=1S/C17H18N2O2/c1-12-6-8-13(9-7-12)18-11-10-16-19-17-14(20-2)4-3-5-15(17)21-16/h3-9,18H,10-11H2,1-2H3. The van der Waals surface area contributed by atoms with Crippen molar-refractivity contribution in [3.8, 4) is 5.75 Å². The first-order valence-electron chi connectivity index (χ1n) is 6.99. The monoisotopic (exact) mass is 282 g/mol. The molecule has 0 spiro atoms. The lowest BCUT2D eigenvalue weighted by Crippen LogP contribution is -2.04. The van der Waals surface area contributed by atoms with Gasteiger partial charge in [0.05, 0.1) is 7.11 Å². The van der Waals surface area contributed by atoms with E-state index in [0.717, 1.165) is 35.5 Å². The number of nitrogens with zero attached hydrogens (tertiary/aromatic N) is 1. The number of aromatic nitrogens is 1. The zero-order valence-corrected chi connectivity index (χ0v) is 12.2. The molecule has 3 aromatic rings. The van der Waals surface area contributed by atoms with Crippen LogP contribution in [0, 0.1) is 6.92 Å². The smallest absolute Gasteiger partial charge is 0.197 e. The lowest BCUT2D eigenvalue weighted by Gasteiger charge is -2.04. The fraction of sp³-hybridized carbons (Fsp3) is 0.235. The number of nitrogens with one attached hydrogen (secondary N) is 1. The Morgan fingerprint density at radius 2 is 1.95 bits per heavy atom. The number of benzene rings is 2. The van der Waals surface area contributed by atoms with Crippen molar-refractivity contribution >= 4 is 16.8 Å². The molecule has 0 saturated heterocycles. The van der Waals surface area contributed by atoms with E-state index in [1.807, 2.05) is 18.2 Å². The number of ether oxygens (including phenoxy) is 1. The summed E-state index contributed by atoms with van der Waals surface area (Å²) < 4.78 is 11.0. The van der Waals surface area contributed by atoms with Crippen LogP contribution >= 0.6 is 0 Å². The molecule has 21 heavy (non-hydrogen) atoms. The van der Waals surface area contributed by atoms with Gasteiger partial charge in [-0.15, -0.1) is 0 Å². The molecule has 1 heterocycles. The number of hydrogen-bond donors (Lipinski definition) is 1. The molecule has 0 fully saturated rings. The van der Waals surface area contributed by atoms with Gasteiger partial charge in [-0.3, -0.25) is 0 Å². The first kappa shape index (κ1) is 13.5. The van der Waals surface area contributed by atoms with Gasteiger partial charge in [-0.25, -0.2) is 4.98 Å². The Kier molecular flexibility index (Phi) is 3.77. The summed E-state index contributed by atoms with van der Waals surface area (Å²) in [5.41, 5.74) is 3.91. The van der Waals surface area contributed by atoms with Gasteiger partial charge < -0.3 is 14.5 Å². The number of hydrogen-bond acceptors (Lipinski definition) is 4. The van der Waals surface area contributed by atoms with E-state index in [4.69, 9.17) is 9.15 Å². The molecule has 3 rings (SSSR count). The van der Waals surface area contributed by atoms with Crippen molar-refractivity contribution < 1.29 is 9.15 Å². The van der Waals surface area contributed by atoms with Crippen LogP contribution in [0.3, 0.4) is 0 Å². The molecule has 0 aliphatic heterocycles. The molecule has 1 N–H and O–H groups in total. The average molecular weight is 282 g/mol. The van der Waals surface area contributed by atoms with Crippen molar-refractivity contribution in [2.24, 2.45) is 0 Å². The van der Waals surface area contributed by atoms with E-state index < -0.39 is 0 Å². The SMILES string of the molecule is COc1cccc2oc(CCNc3ccc(C)cc3)nc12. The van der Waals surface area contributed by atoms with E-state index in [2.05, 4.69) is 41.5 Å². The summed E-state index contributed by atoms with van der Waals surface area (Å²) in [6.45, 7) is 2.85. The van der Waals surface area contributed by atoms with Crippen molar-refractivity contribution in [1.29, 1.82) is 0 Å². The van der Waals surface area contributed by atoms with Crippen LogP contribution in [0.5, 0.6) is 5.75 Å². The van der Waals surface area contributed by atoms with Crippen molar-refractivity contribution in [2.75, 3.05) is 19.0 Å². The third kappa shape index (κ3) is 2.99. The van der Waals surface area contributed by atoms with Gasteiger partial charge in [0.15, 0.2) is 17.0 Å². The Morgan fingerprint density at radius 1 is 1.14 bits per heavy atom. The van der Waals surface area contributed by atoms with Crippen LogP contribution in [0.4, 0.5) is 5.69 Å². The molecule has 1 aromatic heterocycles. The van der Waals surface area contributed by atoms with Crippen LogP contribution < -0.4 is 10.1 Å². The van der Waals surface area contributed by atoms with Crippen molar-refractivity contribution in [1.82, 2.24) is 4.98 Å². The quantitative estimate of drug-likeness (QED) is 0.773. The summed E-state index contributed by atoms with van der Waals surface area (Å²) in [6.07, 6.45) is 0.728. The average Bonchev–Trinajstić information content (AvgIpc) is 2.92. The number of para-hydroxylation sites is 1. The third-order valence-corrected chi connectivity index (χ3v) is 3.37. The third-order valence-electron chi connectivity index (χ3n) is 3.37. The maximum Gasteiger partial charge on any atom is 0.197 e. The summed E-state index contributed by atoms with van der Waals surface area (Å²) in [5, 5.41) is 3.36. The van der Waals surface area contributed by atoms with E-state index in [0.29, 0.717) is 5.89 Å². The Hall–Kier alpha value is -2.49. The predicted octanol–water partition coefficient (Wildman–Crippen LogP) is 3.80. The van der Waals surface area contributed by atoms with E-state index in [1.54, 1.807) is 7.11 Å². The molecule has 0 unspecified atom stereocenters. The highest BCUT2D eigenvalue weighted by Gasteiger charge is 2.09. The van der Waals surface area contributed by atoms with Crippen LogP contribution in [0.2, 0.25) is 0 Å². The minimum Gasteiger partial charge on any atom is -0.494 e. The maximum atomic E-state index is 5.74. The Labute approximate surface area is 123 Å². The molecule has 0 aliphatic rings. The lowest BCUT2D eigenvalue weighted by molar-refractivity contribution is 0.419. The normalized spacial score (nSPS) is 10.8. The van der Waals surface area contributed by atoms with Crippen molar-refractivity contribution in [3.05, 3.63) is 53.9 Å². The van der Waals surface area contributed by atoms with E-state index >= 15 is 0 Å². The zero-order chi connectivity index (χ0) is 14.7. The van der Waals surface area contributed by atoms with Crippen LogP contribution in [0.15, 0.2) is 46.9 Å². The summed E-state index contributed by atoms with van der Waals surface area (Å²) in [5.74, 6) is 1.46. The molecule has 4 nitrogen and oxygen atoms in total. The van der Waals surface area contributed by atoms with Crippen LogP contribution in [0.25, 0.3) is 11.1 Å². The Balaban J connectivity index is 1.66. The van der Waals surface area contributed by atoms with Crippen LogP contribution in [0.1, 0.15) is 11.5 Å². The second kappa shape index (κ2) is 5.87. The molecule has 0 saturated carbocycles. The molecule has 2 aromatic carbocycles. The van der Waals surface area contributed by atoms with Crippen LogP contribution in [-0.4, -0.2) is 18.6 Å². The van der Waals surface area contributed by atoms with Crippen molar-refractivity contribution in [3.63, 3.8) is 0 Å². The van der Waals surface area contributed by atoms with E-state index in [9.17, 15) is 0 Å². The summed E-state index contributed by atoms with van der Waals surface area (Å²) in [4.78, 5) is 4.50. The second-order valence-corrected chi connectivity index (χ2v) is 4.96. The van der Waals surface area contributed by atoms with Gasteiger partial charge in [-0.2, -0.15) is 0 Å². The first-order chi connectivity index (χ1) is 10.3. The highest BCUT2D eigenvalue weighted by Crippen LogP contribution is 2.25. The first-order valence-corrected chi connectivity index (χ1v) is 6.99. The molecule has 0 amide bonds. The van der Waals surface area contributed by atoms with Gasteiger partial charge in [-0.05, 0) is 31.2 Å². The lowest BCUT2D eigenvalue weighted by atomic mass is 10.2. The van der Waals surface area contributed by atoms with Crippen LogP contribution in [-0.2, 0) is 6.42 Å². The Bertz CT molecular complexity index is 732.